The third-order valence-electron chi connectivity index (χ3n) is 3.22. The quantitative estimate of drug-likeness (QED) is 0.540. The van der Waals surface area contributed by atoms with Crippen LogP contribution in [0.2, 0.25) is 0 Å². The zero-order chi connectivity index (χ0) is 16.9. The number of phenolic OH excluding ortho intramolecular Hbond substituents is 1. The number of hydrazone groups is 1. The van der Waals surface area contributed by atoms with Crippen molar-refractivity contribution in [1.29, 1.82) is 0 Å². The van der Waals surface area contributed by atoms with Gasteiger partial charge >= 0.3 is 0 Å². The predicted molar refractivity (Wildman–Crippen MR) is 93.4 cm³/mol. The average molecular weight is 343 g/mol. The highest BCUT2D eigenvalue weighted by atomic mass is 32.1. The monoisotopic (exact) mass is 343 g/mol. The Morgan fingerprint density at radius 2 is 2.04 bits per heavy atom. The molecule has 0 aliphatic rings. The van der Waals surface area contributed by atoms with Crippen LogP contribution < -0.4 is 10.2 Å². The van der Waals surface area contributed by atoms with Crippen LogP contribution in [0.25, 0.3) is 11.3 Å². The molecular formula is C17H14FN3O2S. The number of nitrogens with zero attached hydrogens (tertiary/aromatic N) is 2. The summed E-state index contributed by atoms with van der Waals surface area (Å²) in [6.07, 6.45) is 1.57. The van der Waals surface area contributed by atoms with Gasteiger partial charge in [-0.3, -0.25) is 5.43 Å². The van der Waals surface area contributed by atoms with Crippen LogP contribution in [0.3, 0.4) is 0 Å². The highest BCUT2D eigenvalue weighted by Gasteiger charge is 2.04. The number of benzene rings is 2. The van der Waals surface area contributed by atoms with E-state index in [9.17, 15) is 9.50 Å². The summed E-state index contributed by atoms with van der Waals surface area (Å²) in [5, 5.41) is 16.3. The van der Waals surface area contributed by atoms with Crippen molar-refractivity contribution >= 4 is 22.7 Å². The maximum absolute atomic E-state index is 12.9. The lowest BCUT2D eigenvalue weighted by Crippen LogP contribution is -1.91. The zero-order valence-electron chi connectivity index (χ0n) is 12.7. The predicted octanol–water partition coefficient (Wildman–Crippen LogP) is 4.11. The molecule has 0 saturated heterocycles. The van der Waals surface area contributed by atoms with Gasteiger partial charge in [-0.25, -0.2) is 9.37 Å². The Morgan fingerprint density at radius 1 is 1.25 bits per heavy atom. The van der Waals surface area contributed by atoms with Gasteiger partial charge in [0, 0.05) is 10.9 Å². The number of hydrogen-bond donors (Lipinski definition) is 2. The van der Waals surface area contributed by atoms with Gasteiger partial charge in [0.15, 0.2) is 11.5 Å². The van der Waals surface area contributed by atoms with Gasteiger partial charge < -0.3 is 9.84 Å². The highest BCUT2D eigenvalue weighted by molar-refractivity contribution is 7.14. The molecule has 0 amide bonds. The van der Waals surface area contributed by atoms with E-state index in [1.165, 1.54) is 30.6 Å². The molecule has 5 nitrogen and oxygen atoms in total. The molecule has 0 saturated carbocycles. The number of aromatic hydroxyl groups is 1. The summed E-state index contributed by atoms with van der Waals surface area (Å²) in [5.74, 6) is 0.179. The fourth-order valence-electron chi connectivity index (χ4n) is 2.03. The van der Waals surface area contributed by atoms with Crippen molar-refractivity contribution in [3.8, 4) is 22.8 Å². The molecule has 2 aromatic carbocycles. The first kappa shape index (κ1) is 15.9. The summed E-state index contributed by atoms with van der Waals surface area (Å²) >= 11 is 1.39. The molecule has 122 valence electrons. The van der Waals surface area contributed by atoms with Crippen molar-refractivity contribution in [3.05, 3.63) is 59.2 Å². The maximum atomic E-state index is 12.9. The topological polar surface area (TPSA) is 66.7 Å². The fraction of sp³-hybridized carbons (Fsp3) is 0.0588. The van der Waals surface area contributed by atoms with Crippen LogP contribution in [-0.4, -0.2) is 23.4 Å². The summed E-state index contributed by atoms with van der Waals surface area (Å²) in [4.78, 5) is 4.39. The molecular weight excluding hydrogens is 329 g/mol. The first-order chi connectivity index (χ1) is 11.7. The molecule has 24 heavy (non-hydrogen) atoms. The molecule has 0 aliphatic heterocycles. The minimum atomic E-state index is -0.278. The maximum Gasteiger partial charge on any atom is 0.203 e. The van der Waals surface area contributed by atoms with E-state index in [1.54, 1.807) is 36.5 Å². The van der Waals surface area contributed by atoms with E-state index in [1.807, 2.05) is 5.38 Å². The van der Waals surface area contributed by atoms with Gasteiger partial charge in [0.25, 0.3) is 0 Å². The smallest absolute Gasteiger partial charge is 0.203 e. The van der Waals surface area contributed by atoms with Crippen LogP contribution in [0.1, 0.15) is 5.56 Å². The van der Waals surface area contributed by atoms with E-state index in [4.69, 9.17) is 4.74 Å². The molecule has 3 rings (SSSR count). The van der Waals surface area contributed by atoms with Crippen LogP contribution >= 0.6 is 11.3 Å². The van der Waals surface area contributed by atoms with Crippen molar-refractivity contribution < 1.29 is 14.2 Å². The van der Waals surface area contributed by atoms with E-state index in [-0.39, 0.29) is 11.6 Å². The number of anilines is 1. The van der Waals surface area contributed by atoms with Crippen LogP contribution in [0.4, 0.5) is 9.52 Å². The van der Waals surface area contributed by atoms with E-state index < -0.39 is 0 Å². The summed E-state index contributed by atoms with van der Waals surface area (Å²) in [6.45, 7) is 0. The van der Waals surface area contributed by atoms with Gasteiger partial charge in [-0.2, -0.15) is 5.10 Å². The molecule has 0 bridgehead atoms. The summed E-state index contributed by atoms with van der Waals surface area (Å²) in [6, 6.07) is 11.1. The van der Waals surface area contributed by atoms with Gasteiger partial charge in [-0.15, -0.1) is 11.3 Å². The van der Waals surface area contributed by atoms with Crippen LogP contribution in [0.15, 0.2) is 52.9 Å². The van der Waals surface area contributed by atoms with Crippen molar-refractivity contribution in [3.63, 3.8) is 0 Å². The summed E-state index contributed by atoms with van der Waals surface area (Å²) in [7, 11) is 1.49. The molecule has 7 heteroatoms. The second-order valence-corrected chi connectivity index (χ2v) is 5.70. The SMILES string of the molecule is COc1ccc(/C=N/Nc2nc(-c3ccc(F)cc3)cs2)cc1O. The average Bonchev–Trinajstić information content (AvgIpc) is 3.04. The lowest BCUT2D eigenvalue weighted by molar-refractivity contribution is 0.373. The van der Waals surface area contributed by atoms with Crippen molar-refractivity contribution in [1.82, 2.24) is 4.98 Å². The van der Waals surface area contributed by atoms with Gasteiger partial charge in [0.1, 0.15) is 5.82 Å². The molecule has 0 spiro atoms. The molecule has 0 radical (unpaired) electrons. The number of thiazole rings is 1. The standard InChI is InChI=1S/C17H14FN3O2S/c1-23-16-7-2-11(8-15(16)22)9-19-21-17-20-14(10-24-17)12-3-5-13(18)6-4-12/h2-10,22H,1H3,(H,20,21)/b19-9+. The van der Waals surface area contributed by atoms with Crippen LogP contribution in [-0.2, 0) is 0 Å². The van der Waals surface area contributed by atoms with Crippen molar-refractivity contribution in [2.45, 2.75) is 0 Å². The molecule has 0 atom stereocenters. The minimum absolute atomic E-state index is 0.0503. The summed E-state index contributed by atoms with van der Waals surface area (Å²) in [5.41, 5.74) is 5.14. The molecule has 1 heterocycles. The Hall–Kier alpha value is -2.93. The first-order valence-corrected chi connectivity index (χ1v) is 7.91. The van der Waals surface area contributed by atoms with Gasteiger partial charge in [-0.05, 0) is 48.0 Å². The Kier molecular flexibility index (Phi) is 4.72. The normalized spacial score (nSPS) is 10.9. The molecule has 2 N–H and O–H groups in total. The third kappa shape index (κ3) is 3.69. The number of phenols is 1. The number of rotatable bonds is 5. The van der Waals surface area contributed by atoms with Gasteiger partial charge in [0.2, 0.25) is 5.13 Å². The number of aromatic nitrogens is 1. The second kappa shape index (κ2) is 7.10. The largest absolute Gasteiger partial charge is 0.504 e. The lowest BCUT2D eigenvalue weighted by Gasteiger charge is -2.02. The zero-order valence-corrected chi connectivity index (χ0v) is 13.5. The molecule has 0 unspecified atom stereocenters. The Bertz CT molecular complexity index is 863. The lowest BCUT2D eigenvalue weighted by atomic mass is 10.2. The van der Waals surface area contributed by atoms with E-state index >= 15 is 0 Å². The number of methoxy groups -OCH3 is 1. The molecule has 0 aliphatic carbocycles. The third-order valence-corrected chi connectivity index (χ3v) is 3.97. The molecule has 3 aromatic rings. The summed E-state index contributed by atoms with van der Waals surface area (Å²) < 4.78 is 17.9. The molecule has 0 fully saturated rings. The number of hydrogen-bond acceptors (Lipinski definition) is 6. The number of nitrogens with one attached hydrogen (secondary N) is 1. The Labute approximate surface area is 142 Å². The van der Waals surface area contributed by atoms with Crippen LogP contribution in [0.5, 0.6) is 11.5 Å². The van der Waals surface area contributed by atoms with Gasteiger partial charge in [0.05, 0.1) is 19.0 Å². The number of ether oxygens (including phenoxy) is 1. The fourth-order valence-corrected chi connectivity index (χ4v) is 2.70. The highest BCUT2D eigenvalue weighted by Crippen LogP contribution is 2.26. The van der Waals surface area contributed by atoms with E-state index in [0.29, 0.717) is 10.9 Å². The first-order valence-electron chi connectivity index (χ1n) is 7.03. The molecule has 1 aromatic heterocycles. The Balaban J connectivity index is 1.67. The number of halogens is 1. The van der Waals surface area contributed by atoms with Crippen molar-refractivity contribution in [2.24, 2.45) is 5.10 Å². The van der Waals surface area contributed by atoms with Crippen molar-refractivity contribution in [2.75, 3.05) is 12.5 Å². The Morgan fingerprint density at radius 3 is 2.75 bits per heavy atom. The van der Waals surface area contributed by atoms with Crippen LogP contribution in [0, 0.1) is 5.82 Å². The second-order valence-electron chi connectivity index (χ2n) is 4.85. The van der Waals surface area contributed by atoms with E-state index in [2.05, 4.69) is 15.5 Å². The van der Waals surface area contributed by atoms with E-state index in [0.717, 1.165) is 16.8 Å². The van der Waals surface area contributed by atoms with Gasteiger partial charge in [-0.1, -0.05) is 0 Å². The minimum Gasteiger partial charge on any atom is -0.504 e.